The smallest absolute Gasteiger partial charge is 0.139 e. The summed E-state index contributed by atoms with van der Waals surface area (Å²) in [6, 6.07) is 12.0. The van der Waals surface area contributed by atoms with Gasteiger partial charge in [-0.3, -0.25) is 0 Å². The average Bonchev–Trinajstić information content (AvgIpc) is 3.05. The summed E-state index contributed by atoms with van der Waals surface area (Å²) in [5.74, 6) is 1.70. The number of hydrogen-bond acceptors (Lipinski definition) is 5. The van der Waals surface area contributed by atoms with Crippen LogP contribution in [0.1, 0.15) is 26.7 Å². The minimum atomic E-state index is 0.649. The molecule has 3 aromatic rings. The van der Waals surface area contributed by atoms with Crippen LogP contribution in [0.2, 0.25) is 0 Å². The van der Waals surface area contributed by atoms with Gasteiger partial charge < -0.3 is 24.5 Å². The molecule has 1 aromatic heterocycles. The van der Waals surface area contributed by atoms with E-state index in [9.17, 15) is 0 Å². The lowest BCUT2D eigenvalue weighted by Crippen LogP contribution is -2.21. The largest absolute Gasteiger partial charge is 0.492 e. The van der Waals surface area contributed by atoms with Gasteiger partial charge in [0, 0.05) is 29.9 Å². The van der Waals surface area contributed by atoms with Crippen molar-refractivity contribution in [3.8, 4) is 11.5 Å². The van der Waals surface area contributed by atoms with Gasteiger partial charge >= 0.3 is 0 Å². The van der Waals surface area contributed by atoms with Crippen LogP contribution in [0.4, 0.5) is 0 Å². The number of furan rings is 1. The summed E-state index contributed by atoms with van der Waals surface area (Å²) in [7, 11) is 0. The number of nitrogens with one attached hydrogen (secondary N) is 2. The molecule has 0 fully saturated rings. The molecule has 5 heteroatoms. The maximum atomic E-state index is 5.99. The second-order valence-electron chi connectivity index (χ2n) is 6.61. The molecule has 0 radical (unpaired) electrons. The lowest BCUT2D eigenvalue weighted by molar-refractivity contribution is 0.314. The molecule has 0 bridgehead atoms. The van der Waals surface area contributed by atoms with Crippen molar-refractivity contribution in [3.63, 3.8) is 0 Å². The van der Waals surface area contributed by atoms with Crippen LogP contribution in [-0.4, -0.2) is 39.4 Å². The Kier molecular flexibility index (Phi) is 7.36. The molecule has 0 aliphatic rings. The molecule has 0 amide bonds. The molecule has 0 unspecified atom stereocenters. The van der Waals surface area contributed by atoms with E-state index in [2.05, 4.69) is 36.6 Å². The zero-order chi connectivity index (χ0) is 18.9. The first kappa shape index (κ1) is 19.5. The highest BCUT2D eigenvalue weighted by atomic mass is 16.5. The van der Waals surface area contributed by atoms with E-state index in [-0.39, 0.29) is 0 Å². The Balaban J connectivity index is 1.65. The summed E-state index contributed by atoms with van der Waals surface area (Å²) in [5, 5.41) is 8.82. The third-order valence-electron chi connectivity index (χ3n) is 4.36. The van der Waals surface area contributed by atoms with Crippen molar-refractivity contribution in [2.45, 2.75) is 26.7 Å². The molecule has 0 aliphatic carbocycles. The Morgan fingerprint density at radius 1 is 0.704 bits per heavy atom. The summed E-state index contributed by atoms with van der Waals surface area (Å²) in [6.07, 6.45) is 2.26. The minimum absolute atomic E-state index is 0.649. The third-order valence-corrected chi connectivity index (χ3v) is 4.36. The predicted octanol–water partition coefficient (Wildman–Crippen LogP) is 4.34. The average molecular weight is 370 g/mol. The zero-order valence-electron chi connectivity index (χ0n) is 16.3. The van der Waals surface area contributed by atoms with Crippen LogP contribution in [0.5, 0.6) is 11.5 Å². The van der Waals surface area contributed by atoms with Crippen LogP contribution in [0.25, 0.3) is 21.9 Å². The third kappa shape index (κ3) is 5.37. The van der Waals surface area contributed by atoms with Crippen molar-refractivity contribution in [2.75, 3.05) is 39.4 Å². The summed E-state index contributed by atoms with van der Waals surface area (Å²) in [6.45, 7) is 9.36. The monoisotopic (exact) mass is 370 g/mol. The Morgan fingerprint density at radius 3 is 2.00 bits per heavy atom. The fourth-order valence-electron chi connectivity index (χ4n) is 3.00. The molecule has 2 aromatic carbocycles. The van der Waals surface area contributed by atoms with Gasteiger partial charge in [0.15, 0.2) is 0 Å². The molecule has 0 saturated carbocycles. The number of ether oxygens (including phenoxy) is 2. The fraction of sp³-hybridized carbons (Fsp3) is 0.455. The van der Waals surface area contributed by atoms with Crippen LogP contribution in [0, 0.1) is 0 Å². The highest BCUT2D eigenvalue weighted by molar-refractivity contribution is 6.05. The first-order valence-corrected chi connectivity index (χ1v) is 9.95. The van der Waals surface area contributed by atoms with Crippen LogP contribution in [-0.2, 0) is 0 Å². The highest BCUT2D eigenvalue weighted by Crippen LogP contribution is 2.33. The van der Waals surface area contributed by atoms with Gasteiger partial charge in [-0.05, 0) is 56.3 Å². The van der Waals surface area contributed by atoms with E-state index >= 15 is 0 Å². The molecule has 2 N–H and O–H groups in total. The first-order chi connectivity index (χ1) is 13.3. The van der Waals surface area contributed by atoms with Crippen molar-refractivity contribution >= 4 is 21.9 Å². The van der Waals surface area contributed by atoms with E-state index < -0.39 is 0 Å². The van der Waals surface area contributed by atoms with Crippen molar-refractivity contribution in [1.29, 1.82) is 0 Å². The van der Waals surface area contributed by atoms with Gasteiger partial charge in [0.05, 0.1) is 0 Å². The van der Waals surface area contributed by atoms with Gasteiger partial charge in [0.1, 0.15) is 35.9 Å². The van der Waals surface area contributed by atoms with Crippen LogP contribution in [0.15, 0.2) is 40.8 Å². The van der Waals surface area contributed by atoms with E-state index in [1.54, 1.807) is 0 Å². The molecule has 27 heavy (non-hydrogen) atoms. The maximum Gasteiger partial charge on any atom is 0.139 e. The molecule has 146 valence electrons. The lowest BCUT2D eigenvalue weighted by atomic mass is 10.1. The first-order valence-electron chi connectivity index (χ1n) is 9.95. The SMILES string of the molecule is CCCNCCOc1ccc2c(c1)oc1ccc(OCCNCCC)cc12. The van der Waals surface area contributed by atoms with Gasteiger partial charge in [0.25, 0.3) is 0 Å². The molecule has 0 aliphatic heterocycles. The number of hydrogen-bond donors (Lipinski definition) is 2. The predicted molar refractivity (Wildman–Crippen MR) is 111 cm³/mol. The zero-order valence-corrected chi connectivity index (χ0v) is 16.3. The van der Waals surface area contributed by atoms with Crippen molar-refractivity contribution in [2.24, 2.45) is 0 Å². The minimum Gasteiger partial charge on any atom is -0.492 e. The van der Waals surface area contributed by atoms with Gasteiger partial charge in [-0.25, -0.2) is 0 Å². The fourth-order valence-corrected chi connectivity index (χ4v) is 3.00. The Morgan fingerprint density at radius 2 is 1.33 bits per heavy atom. The van der Waals surface area contributed by atoms with Crippen molar-refractivity contribution in [3.05, 3.63) is 36.4 Å². The van der Waals surface area contributed by atoms with Gasteiger partial charge in [-0.2, -0.15) is 0 Å². The summed E-state index contributed by atoms with van der Waals surface area (Å²) < 4.78 is 17.7. The van der Waals surface area contributed by atoms with E-state index in [1.165, 1.54) is 0 Å². The van der Waals surface area contributed by atoms with E-state index in [4.69, 9.17) is 13.9 Å². The van der Waals surface area contributed by atoms with E-state index in [0.717, 1.165) is 72.5 Å². The second-order valence-corrected chi connectivity index (χ2v) is 6.61. The molecule has 0 saturated heterocycles. The van der Waals surface area contributed by atoms with E-state index in [1.807, 2.05) is 24.3 Å². The van der Waals surface area contributed by atoms with Crippen LogP contribution in [0.3, 0.4) is 0 Å². The van der Waals surface area contributed by atoms with E-state index in [0.29, 0.717) is 13.2 Å². The molecule has 3 rings (SSSR count). The molecule has 1 heterocycles. The molecular formula is C22H30N2O3. The maximum absolute atomic E-state index is 5.99. The quantitative estimate of drug-likeness (QED) is 0.465. The van der Waals surface area contributed by atoms with Crippen LogP contribution < -0.4 is 20.1 Å². The van der Waals surface area contributed by atoms with Crippen molar-refractivity contribution in [1.82, 2.24) is 10.6 Å². The number of fused-ring (bicyclic) bond motifs is 3. The van der Waals surface area contributed by atoms with Crippen molar-refractivity contribution < 1.29 is 13.9 Å². The normalized spacial score (nSPS) is 11.3. The molecule has 0 spiro atoms. The lowest BCUT2D eigenvalue weighted by Gasteiger charge is -2.07. The topological polar surface area (TPSA) is 55.7 Å². The molecular weight excluding hydrogens is 340 g/mol. The summed E-state index contributed by atoms with van der Waals surface area (Å²) in [4.78, 5) is 0. The standard InChI is InChI=1S/C22H30N2O3/c1-3-9-23-11-13-25-17-6-8-21-20(15-17)19-7-5-18(16-22(19)27-21)26-14-12-24-10-4-2/h5-8,15-16,23-24H,3-4,9-14H2,1-2H3. The number of benzene rings is 2. The summed E-state index contributed by atoms with van der Waals surface area (Å²) >= 11 is 0. The number of rotatable bonds is 12. The van der Waals surface area contributed by atoms with Gasteiger partial charge in [0.2, 0.25) is 0 Å². The Hall–Kier alpha value is -2.24. The Labute approximate surface area is 161 Å². The van der Waals surface area contributed by atoms with Gasteiger partial charge in [-0.15, -0.1) is 0 Å². The Bertz CT molecular complexity index is 844. The highest BCUT2D eigenvalue weighted by Gasteiger charge is 2.09. The van der Waals surface area contributed by atoms with Gasteiger partial charge in [-0.1, -0.05) is 13.8 Å². The molecule has 0 atom stereocenters. The molecule has 5 nitrogen and oxygen atoms in total. The summed E-state index contributed by atoms with van der Waals surface area (Å²) in [5.41, 5.74) is 1.70. The second kappa shape index (κ2) is 10.2. The van der Waals surface area contributed by atoms with Crippen LogP contribution >= 0.6 is 0 Å².